The zero-order valence-electron chi connectivity index (χ0n) is 15.1. The number of urea groups is 2. The summed E-state index contributed by atoms with van der Waals surface area (Å²) < 4.78 is 0. The van der Waals surface area contributed by atoms with Crippen molar-refractivity contribution < 1.29 is 9.59 Å². The molecule has 2 aliphatic rings. The molecular formula is C19H35N3O2. The Morgan fingerprint density at radius 2 is 0.792 bits per heavy atom. The van der Waals surface area contributed by atoms with Crippen LogP contribution in [-0.2, 0) is 0 Å². The van der Waals surface area contributed by atoms with Gasteiger partial charge in [-0.1, -0.05) is 70.6 Å². The maximum atomic E-state index is 12.1. The highest BCUT2D eigenvalue weighted by molar-refractivity contribution is 5.93. The molecule has 138 valence electrons. The van der Waals surface area contributed by atoms with E-state index in [1.54, 1.807) is 0 Å². The van der Waals surface area contributed by atoms with Crippen molar-refractivity contribution in [2.75, 3.05) is 0 Å². The number of amides is 4. The van der Waals surface area contributed by atoms with Crippen LogP contribution in [0.1, 0.15) is 96.3 Å². The van der Waals surface area contributed by atoms with E-state index in [2.05, 4.69) is 16.0 Å². The summed E-state index contributed by atoms with van der Waals surface area (Å²) >= 11 is 0. The van der Waals surface area contributed by atoms with Gasteiger partial charge in [0.2, 0.25) is 0 Å². The van der Waals surface area contributed by atoms with Crippen LogP contribution in [0.25, 0.3) is 0 Å². The zero-order valence-corrected chi connectivity index (χ0v) is 15.1. The third-order valence-electron chi connectivity index (χ3n) is 5.36. The summed E-state index contributed by atoms with van der Waals surface area (Å²) in [5.74, 6) is 0. The Kier molecular flexibility index (Phi) is 9.00. The highest BCUT2D eigenvalue weighted by atomic mass is 16.2. The summed E-state index contributed by atoms with van der Waals surface area (Å²) in [5.41, 5.74) is 0. The fourth-order valence-corrected chi connectivity index (χ4v) is 3.92. The lowest BCUT2D eigenvalue weighted by atomic mass is 9.97. The van der Waals surface area contributed by atoms with E-state index in [0.717, 1.165) is 25.7 Å². The fourth-order valence-electron chi connectivity index (χ4n) is 3.92. The van der Waals surface area contributed by atoms with Crippen LogP contribution >= 0.6 is 0 Å². The Hall–Kier alpha value is -1.26. The molecule has 0 aromatic rings. The lowest BCUT2D eigenvalue weighted by Gasteiger charge is -2.22. The second-order valence-corrected chi connectivity index (χ2v) is 7.51. The zero-order chi connectivity index (χ0) is 17.0. The van der Waals surface area contributed by atoms with E-state index < -0.39 is 0 Å². The monoisotopic (exact) mass is 337 g/mol. The Morgan fingerprint density at radius 1 is 0.500 bits per heavy atom. The molecule has 0 spiro atoms. The summed E-state index contributed by atoms with van der Waals surface area (Å²) in [6.45, 7) is 0. The van der Waals surface area contributed by atoms with Crippen LogP contribution in [-0.4, -0.2) is 24.1 Å². The van der Waals surface area contributed by atoms with Gasteiger partial charge in [-0.25, -0.2) is 9.59 Å². The van der Waals surface area contributed by atoms with Gasteiger partial charge in [-0.2, -0.15) is 0 Å². The lowest BCUT2D eigenvalue weighted by Crippen LogP contribution is -2.50. The Balaban J connectivity index is 1.68. The van der Waals surface area contributed by atoms with Crippen molar-refractivity contribution in [3.63, 3.8) is 0 Å². The Morgan fingerprint density at radius 3 is 1.12 bits per heavy atom. The van der Waals surface area contributed by atoms with Crippen molar-refractivity contribution >= 4 is 12.1 Å². The molecule has 0 heterocycles. The fraction of sp³-hybridized carbons (Fsp3) is 0.895. The van der Waals surface area contributed by atoms with E-state index in [1.165, 1.54) is 70.6 Å². The minimum atomic E-state index is -0.346. The lowest BCUT2D eigenvalue weighted by molar-refractivity contribution is 0.220. The van der Waals surface area contributed by atoms with E-state index in [9.17, 15) is 9.59 Å². The predicted octanol–water partition coefficient (Wildman–Crippen LogP) is 4.61. The number of hydrogen-bond donors (Lipinski definition) is 3. The van der Waals surface area contributed by atoms with Gasteiger partial charge in [0.25, 0.3) is 0 Å². The van der Waals surface area contributed by atoms with E-state index in [-0.39, 0.29) is 24.1 Å². The highest BCUT2D eigenvalue weighted by Crippen LogP contribution is 2.18. The molecule has 24 heavy (non-hydrogen) atoms. The first kappa shape index (κ1) is 19.1. The maximum absolute atomic E-state index is 12.1. The van der Waals surface area contributed by atoms with E-state index in [0.29, 0.717) is 0 Å². The normalized spacial score (nSPS) is 22.2. The molecule has 0 atom stereocenters. The molecule has 2 saturated carbocycles. The minimum Gasteiger partial charge on any atom is -0.335 e. The first-order valence-corrected chi connectivity index (χ1v) is 10.1. The van der Waals surface area contributed by atoms with Crippen LogP contribution in [0.5, 0.6) is 0 Å². The van der Waals surface area contributed by atoms with Gasteiger partial charge in [-0.05, 0) is 25.7 Å². The minimum absolute atomic E-state index is 0.206. The number of hydrogen-bond acceptors (Lipinski definition) is 2. The van der Waals surface area contributed by atoms with E-state index in [1.807, 2.05) is 0 Å². The third-order valence-corrected chi connectivity index (χ3v) is 5.36. The van der Waals surface area contributed by atoms with Gasteiger partial charge in [-0.3, -0.25) is 5.32 Å². The first-order valence-electron chi connectivity index (χ1n) is 10.1. The number of carbonyl (C=O) groups is 2. The number of imide groups is 1. The molecule has 0 radical (unpaired) electrons. The molecule has 0 unspecified atom stereocenters. The van der Waals surface area contributed by atoms with Crippen molar-refractivity contribution in [1.29, 1.82) is 0 Å². The SMILES string of the molecule is O=C(NC(=O)NC1CCCCCCC1)NC1CCCCCCCC1. The van der Waals surface area contributed by atoms with Gasteiger partial charge >= 0.3 is 12.1 Å². The highest BCUT2D eigenvalue weighted by Gasteiger charge is 2.18. The van der Waals surface area contributed by atoms with Crippen LogP contribution in [0.4, 0.5) is 9.59 Å². The van der Waals surface area contributed by atoms with Gasteiger partial charge in [0.15, 0.2) is 0 Å². The maximum Gasteiger partial charge on any atom is 0.323 e. The van der Waals surface area contributed by atoms with Crippen LogP contribution in [0.2, 0.25) is 0 Å². The molecule has 0 aliphatic heterocycles. The molecule has 2 rings (SSSR count). The molecule has 2 aliphatic carbocycles. The summed E-state index contributed by atoms with van der Waals surface area (Å²) in [7, 11) is 0. The van der Waals surface area contributed by atoms with Crippen LogP contribution in [0.15, 0.2) is 0 Å². The second-order valence-electron chi connectivity index (χ2n) is 7.51. The topological polar surface area (TPSA) is 70.2 Å². The van der Waals surface area contributed by atoms with Crippen molar-refractivity contribution in [3.8, 4) is 0 Å². The van der Waals surface area contributed by atoms with Crippen molar-refractivity contribution in [2.45, 2.75) is 108 Å². The molecule has 0 saturated heterocycles. The Bertz CT molecular complexity index is 369. The standard InChI is InChI=1S/C19H35N3O2/c23-18(20-16-12-8-4-1-2-5-9-13-16)22-19(24)21-17-14-10-6-3-7-11-15-17/h16-17H,1-15H2,(H3,20,21,22,23,24). The molecular weight excluding hydrogens is 302 g/mol. The molecule has 0 bridgehead atoms. The number of rotatable bonds is 2. The second kappa shape index (κ2) is 11.3. The molecule has 5 heteroatoms. The van der Waals surface area contributed by atoms with Crippen molar-refractivity contribution in [1.82, 2.24) is 16.0 Å². The summed E-state index contributed by atoms with van der Waals surface area (Å²) in [4.78, 5) is 24.1. The van der Waals surface area contributed by atoms with E-state index >= 15 is 0 Å². The summed E-state index contributed by atoms with van der Waals surface area (Å²) in [6.07, 6.45) is 17.7. The van der Waals surface area contributed by atoms with Gasteiger partial charge in [0.05, 0.1) is 0 Å². The molecule has 5 nitrogen and oxygen atoms in total. The molecule has 4 amide bonds. The van der Waals surface area contributed by atoms with Crippen molar-refractivity contribution in [2.24, 2.45) is 0 Å². The largest absolute Gasteiger partial charge is 0.335 e. The Labute approximate surface area is 146 Å². The van der Waals surface area contributed by atoms with Crippen LogP contribution < -0.4 is 16.0 Å². The smallest absolute Gasteiger partial charge is 0.323 e. The average Bonchev–Trinajstić information content (AvgIpc) is 2.63. The number of nitrogens with one attached hydrogen (secondary N) is 3. The van der Waals surface area contributed by atoms with Crippen LogP contribution in [0, 0.1) is 0 Å². The molecule has 3 N–H and O–H groups in total. The quantitative estimate of drug-likeness (QED) is 0.688. The third kappa shape index (κ3) is 8.02. The molecule has 2 fully saturated rings. The first-order chi connectivity index (χ1) is 11.7. The molecule has 0 aromatic heterocycles. The molecule has 0 aromatic carbocycles. The number of carbonyl (C=O) groups excluding carboxylic acids is 2. The summed E-state index contributed by atoms with van der Waals surface area (Å²) in [6, 6.07) is -0.274. The summed E-state index contributed by atoms with van der Waals surface area (Å²) in [5, 5.41) is 8.43. The van der Waals surface area contributed by atoms with Gasteiger partial charge in [0.1, 0.15) is 0 Å². The van der Waals surface area contributed by atoms with Crippen molar-refractivity contribution in [3.05, 3.63) is 0 Å². The average molecular weight is 338 g/mol. The van der Waals surface area contributed by atoms with E-state index in [4.69, 9.17) is 0 Å². The van der Waals surface area contributed by atoms with Crippen LogP contribution in [0.3, 0.4) is 0 Å². The van der Waals surface area contributed by atoms with Gasteiger partial charge in [0, 0.05) is 12.1 Å². The predicted molar refractivity (Wildman–Crippen MR) is 97.0 cm³/mol. The van der Waals surface area contributed by atoms with Gasteiger partial charge in [-0.15, -0.1) is 0 Å². The van der Waals surface area contributed by atoms with Gasteiger partial charge < -0.3 is 10.6 Å².